The van der Waals surface area contributed by atoms with Gasteiger partial charge in [0.05, 0.1) is 40.9 Å². The Balaban J connectivity index is 1.38. The molecule has 4 aromatic heterocycles. The van der Waals surface area contributed by atoms with Gasteiger partial charge in [-0.3, -0.25) is 14.0 Å². The van der Waals surface area contributed by atoms with E-state index < -0.39 is 5.97 Å². The number of halogens is 1. The van der Waals surface area contributed by atoms with E-state index in [1.54, 1.807) is 18.0 Å². The second kappa shape index (κ2) is 11.6. The molecule has 1 aliphatic rings. The third-order valence-corrected chi connectivity index (χ3v) is 8.90. The van der Waals surface area contributed by atoms with Crippen LogP contribution in [0.15, 0.2) is 28.0 Å². The summed E-state index contributed by atoms with van der Waals surface area (Å²) >= 11 is 9.26. The van der Waals surface area contributed by atoms with E-state index in [0.29, 0.717) is 50.3 Å². The van der Waals surface area contributed by atoms with Gasteiger partial charge in [-0.05, 0) is 64.2 Å². The molecule has 0 spiro atoms. The van der Waals surface area contributed by atoms with Crippen molar-refractivity contribution in [2.24, 2.45) is 7.05 Å². The highest BCUT2D eigenvalue weighted by atomic mass is 35.5. The van der Waals surface area contributed by atoms with Crippen molar-refractivity contribution in [2.75, 3.05) is 11.1 Å². The molecule has 0 unspecified atom stereocenters. The van der Waals surface area contributed by atoms with Gasteiger partial charge >= 0.3 is 5.97 Å². The maximum absolute atomic E-state index is 13.1. The van der Waals surface area contributed by atoms with Crippen LogP contribution in [0.3, 0.4) is 0 Å². The van der Waals surface area contributed by atoms with E-state index in [2.05, 4.69) is 20.6 Å². The third-order valence-electron chi connectivity index (χ3n) is 6.28. The molecule has 4 heterocycles. The van der Waals surface area contributed by atoms with Crippen LogP contribution in [-0.4, -0.2) is 48.3 Å². The molecule has 10 nitrogen and oxygen atoms in total. The lowest BCUT2D eigenvalue weighted by atomic mass is 9.95. The van der Waals surface area contributed by atoms with Crippen LogP contribution in [0.4, 0.5) is 5.00 Å². The molecule has 1 amide bonds. The number of aromatic nitrogens is 5. The van der Waals surface area contributed by atoms with E-state index in [1.807, 2.05) is 37.5 Å². The fourth-order valence-corrected chi connectivity index (χ4v) is 6.86. The maximum Gasteiger partial charge on any atom is 0.341 e. The minimum atomic E-state index is -0.390. The topological polar surface area (TPSA) is 117 Å². The van der Waals surface area contributed by atoms with Gasteiger partial charge in [0.2, 0.25) is 5.91 Å². The number of carbonyl (C=O) groups excluding carboxylic acids is 2. The van der Waals surface area contributed by atoms with Crippen molar-refractivity contribution in [1.82, 2.24) is 24.5 Å². The standard InChI is InChI=1S/C26H29ClN6O4S2/c1-14(2)37-25(35)20-17-9-5-6-10-18(17)39-24(20)28-19(34)13-38-26-30-29-23(22-21(27)15(3)31-32(22)4)33(26)12-16-8-7-11-36-16/h7-8,11,14H,5-6,9-10,12-13H2,1-4H3,(H,28,34). The summed E-state index contributed by atoms with van der Waals surface area (Å²) < 4.78 is 14.6. The molecule has 1 aliphatic carbocycles. The Morgan fingerprint density at radius 1 is 1.28 bits per heavy atom. The molecule has 0 radical (unpaired) electrons. The van der Waals surface area contributed by atoms with Crippen LogP contribution in [0, 0.1) is 6.92 Å². The molecule has 0 atom stereocenters. The van der Waals surface area contributed by atoms with Gasteiger partial charge in [0.25, 0.3) is 0 Å². The van der Waals surface area contributed by atoms with Crippen LogP contribution in [0.2, 0.25) is 5.02 Å². The summed E-state index contributed by atoms with van der Waals surface area (Å²) in [5.74, 6) is 0.650. The van der Waals surface area contributed by atoms with Gasteiger partial charge in [-0.25, -0.2) is 4.79 Å². The number of ether oxygens (including phenoxy) is 1. The number of rotatable bonds is 9. The lowest BCUT2D eigenvalue weighted by Crippen LogP contribution is -2.19. The number of furan rings is 1. The molecule has 5 rings (SSSR count). The fourth-order valence-electron chi connectivity index (χ4n) is 4.58. The number of thiophene rings is 1. The zero-order chi connectivity index (χ0) is 27.7. The van der Waals surface area contributed by atoms with Crippen LogP contribution in [-0.2, 0) is 36.0 Å². The molecular formula is C26H29ClN6O4S2. The molecule has 0 saturated heterocycles. The predicted molar refractivity (Wildman–Crippen MR) is 151 cm³/mol. The van der Waals surface area contributed by atoms with E-state index in [0.717, 1.165) is 36.1 Å². The zero-order valence-corrected chi connectivity index (χ0v) is 24.5. The molecule has 13 heteroatoms. The average Bonchev–Trinajstić information content (AvgIpc) is 3.65. The quantitative estimate of drug-likeness (QED) is 0.201. The SMILES string of the molecule is Cc1nn(C)c(-c2nnc(SCC(=O)Nc3sc4c(c3C(=O)OC(C)C)CCCC4)n2Cc2ccco2)c1Cl. The zero-order valence-electron chi connectivity index (χ0n) is 22.1. The summed E-state index contributed by atoms with van der Waals surface area (Å²) in [6.45, 7) is 5.81. The molecule has 0 aliphatic heterocycles. The summed E-state index contributed by atoms with van der Waals surface area (Å²) in [5.41, 5.74) is 2.81. The first kappa shape index (κ1) is 27.5. The number of hydrogen-bond acceptors (Lipinski definition) is 9. The Hall–Kier alpha value is -3.09. The molecule has 206 valence electrons. The molecule has 39 heavy (non-hydrogen) atoms. The highest BCUT2D eigenvalue weighted by molar-refractivity contribution is 7.99. The minimum Gasteiger partial charge on any atom is -0.467 e. The second-order valence-electron chi connectivity index (χ2n) is 9.55. The number of thioether (sulfide) groups is 1. The minimum absolute atomic E-state index is 0.0651. The van der Waals surface area contributed by atoms with Gasteiger partial charge in [-0.15, -0.1) is 21.5 Å². The van der Waals surface area contributed by atoms with Gasteiger partial charge in [-0.1, -0.05) is 23.4 Å². The number of aryl methyl sites for hydroxylation is 3. The van der Waals surface area contributed by atoms with Gasteiger partial charge in [0.1, 0.15) is 16.5 Å². The molecule has 0 bridgehead atoms. The largest absolute Gasteiger partial charge is 0.467 e. The summed E-state index contributed by atoms with van der Waals surface area (Å²) in [6.07, 6.45) is 5.16. The number of nitrogens with zero attached hydrogens (tertiary/aromatic N) is 5. The number of anilines is 1. The monoisotopic (exact) mass is 588 g/mol. The van der Waals surface area contributed by atoms with Crippen LogP contribution >= 0.6 is 34.7 Å². The van der Waals surface area contributed by atoms with E-state index >= 15 is 0 Å². The number of nitrogens with one attached hydrogen (secondary N) is 1. The molecule has 4 aromatic rings. The van der Waals surface area contributed by atoms with Crippen LogP contribution < -0.4 is 5.32 Å². The van der Waals surface area contributed by atoms with E-state index in [9.17, 15) is 9.59 Å². The van der Waals surface area contributed by atoms with E-state index in [4.69, 9.17) is 20.8 Å². The Bertz CT molecular complexity index is 1500. The first-order chi connectivity index (χ1) is 18.7. The number of amides is 1. The molecule has 1 N–H and O–H groups in total. The summed E-state index contributed by atoms with van der Waals surface area (Å²) in [5, 5.41) is 17.7. The Morgan fingerprint density at radius 2 is 2.08 bits per heavy atom. The van der Waals surface area contributed by atoms with Crippen LogP contribution in [0.1, 0.15) is 58.9 Å². The summed E-state index contributed by atoms with van der Waals surface area (Å²) in [4.78, 5) is 27.2. The molecular weight excluding hydrogens is 560 g/mol. The summed E-state index contributed by atoms with van der Waals surface area (Å²) in [7, 11) is 1.79. The highest BCUT2D eigenvalue weighted by Crippen LogP contribution is 2.39. The van der Waals surface area contributed by atoms with Gasteiger partial charge in [0, 0.05) is 11.9 Å². The lowest BCUT2D eigenvalue weighted by molar-refractivity contribution is -0.113. The smallest absolute Gasteiger partial charge is 0.341 e. The number of fused-ring (bicyclic) bond motifs is 1. The Morgan fingerprint density at radius 3 is 2.77 bits per heavy atom. The molecule has 0 aromatic carbocycles. The van der Waals surface area contributed by atoms with Crippen molar-refractivity contribution >= 4 is 51.6 Å². The number of esters is 1. The lowest BCUT2D eigenvalue weighted by Gasteiger charge is -2.14. The predicted octanol–water partition coefficient (Wildman–Crippen LogP) is 5.52. The van der Waals surface area contributed by atoms with Crippen LogP contribution in [0.25, 0.3) is 11.5 Å². The van der Waals surface area contributed by atoms with E-state index in [1.165, 1.54) is 23.1 Å². The maximum atomic E-state index is 13.1. The van der Waals surface area contributed by atoms with Crippen molar-refractivity contribution in [3.8, 4) is 11.5 Å². The number of carbonyl (C=O) groups is 2. The van der Waals surface area contributed by atoms with Crippen molar-refractivity contribution in [3.05, 3.63) is 50.9 Å². The van der Waals surface area contributed by atoms with Gasteiger partial charge < -0.3 is 14.5 Å². The van der Waals surface area contributed by atoms with Gasteiger partial charge in [0.15, 0.2) is 11.0 Å². The normalized spacial score (nSPS) is 13.1. The second-order valence-corrected chi connectivity index (χ2v) is 12.0. The van der Waals surface area contributed by atoms with Crippen molar-refractivity contribution < 1.29 is 18.7 Å². The average molecular weight is 589 g/mol. The fraction of sp³-hybridized carbons (Fsp3) is 0.423. The molecule has 0 saturated carbocycles. The Labute approximate surface area is 239 Å². The first-order valence-electron chi connectivity index (χ1n) is 12.7. The van der Waals surface area contributed by atoms with Gasteiger partial charge in [-0.2, -0.15) is 5.10 Å². The summed E-state index contributed by atoms with van der Waals surface area (Å²) in [6, 6.07) is 3.67. The van der Waals surface area contributed by atoms with E-state index in [-0.39, 0.29) is 17.8 Å². The third kappa shape index (κ3) is 5.78. The number of hydrogen-bond donors (Lipinski definition) is 1. The highest BCUT2D eigenvalue weighted by Gasteiger charge is 2.28. The Kier molecular flexibility index (Phi) is 8.15. The van der Waals surface area contributed by atoms with Crippen molar-refractivity contribution in [3.63, 3.8) is 0 Å². The van der Waals surface area contributed by atoms with Crippen LogP contribution in [0.5, 0.6) is 0 Å². The van der Waals surface area contributed by atoms with Crippen molar-refractivity contribution in [1.29, 1.82) is 0 Å². The first-order valence-corrected chi connectivity index (χ1v) is 14.8. The van der Waals surface area contributed by atoms with Crippen molar-refractivity contribution in [2.45, 2.75) is 64.3 Å². The molecule has 0 fully saturated rings.